The van der Waals surface area contributed by atoms with Crippen LogP contribution in [0.3, 0.4) is 0 Å². The highest BCUT2D eigenvalue weighted by Gasteiger charge is 2.49. The van der Waals surface area contributed by atoms with Crippen molar-refractivity contribution in [1.29, 1.82) is 0 Å². The van der Waals surface area contributed by atoms with Crippen molar-refractivity contribution in [1.82, 2.24) is 5.32 Å². The third kappa shape index (κ3) is 3.34. The van der Waals surface area contributed by atoms with Gasteiger partial charge in [0, 0.05) is 8.07 Å². The third-order valence-corrected chi connectivity index (χ3v) is 5.88. The van der Waals surface area contributed by atoms with Gasteiger partial charge in [-0.25, -0.2) is 4.79 Å². The molecule has 3 atom stereocenters. The number of carbonyl (C=O) groups excluding carboxylic acids is 1. The fourth-order valence-electron chi connectivity index (χ4n) is 2.71. The number of aliphatic hydroxyl groups excluding tert-OH is 2. The molecule has 1 amide bonds. The van der Waals surface area contributed by atoms with Gasteiger partial charge in [-0.2, -0.15) is 0 Å². The second-order valence-corrected chi connectivity index (χ2v) is 12.9. The molecule has 0 fully saturated rings. The quantitative estimate of drug-likeness (QED) is 0.743. The lowest BCUT2D eigenvalue weighted by molar-refractivity contribution is -0.0202. The highest BCUT2D eigenvalue weighted by Crippen LogP contribution is 2.43. The van der Waals surface area contributed by atoms with Crippen LogP contribution in [0.5, 0.6) is 0 Å². The van der Waals surface area contributed by atoms with Crippen LogP contribution in [0.2, 0.25) is 25.7 Å². The molecule has 1 aromatic carbocycles. The highest BCUT2D eigenvalue weighted by atomic mass is 28.3. The molecular formula is C16H25NO4Si. The van der Waals surface area contributed by atoms with Gasteiger partial charge in [0.25, 0.3) is 0 Å². The van der Waals surface area contributed by atoms with Gasteiger partial charge >= 0.3 is 6.09 Å². The second-order valence-electron chi connectivity index (χ2n) is 7.25. The van der Waals surface area contributed by atoms with Crippen LogP contribution in [-0.2, 0) is 10.3 Å². The van der Waals surface area contributed by atoms with Gasteiger partial charge in [-0.3, -0.25) is 0 Å². The summed E-state index contributed by atoms with van der Waals surface area (Å²) < 4.78 is 5.24. The lowest BCUT2D eigenvalue weighted by atomic mass is 9.92. The third-order valence-electron chi connectivity index (χ3n) is 4.18. The first-order valence-electron chi connectivity index (χ1n) is 7.55. The molecule has 0 radical (unpaired) electrons. The fourth-order valence-corrected chi connectivity index (χ4v) is 3.43. The lowest BCUT2D eigenvalue weighted by Crippen LogP contribution is -2.50. The van der Waals surface area contributed by atoms with Gasteiger partial charge in [0.1, 0.15) is 12.2 Å². The Morgan fingerprint density at radius 3 is 2.59 bits per heavy atom. The van der Waals surface area contributed by atoms with Gasteiger partial charge in [0.15, 0.2) is 0 Å². The van der Waals surface area contributed by atoms with E-state index in [-0.39, 0.29) is 0 Å². The molecule has 3 N–H and O–H groups in total. The van der Waals surface area contributed by atoms with Gasteiger partial charge in [-0.1, -0.05) is 43.9 Å². The topological polar surface area (TPSA) is 78.8 Å². The second kappa shape index (κ2) is 6.02. The molecule has 0 heterocycles. The molecule has 0 spiro atoms. The van der Waals surface area contributed by atoms with E-state index in [0.717, 1.165) is 11.6 Å². The smallest absolute Gasteiger partial charge is 0.407 e. The van der Waals surface area contributed by atoms with E-state index >= 15 is 0 Å². The van der Waals surface area contributed by atoms with Gasteiger partial charge in [-0.05, 0) is 24.1 Å². The van der Waals surface area contributed by atoms with Crippen LogP contribution in [0.4, 0.5) is 4.79 Å². The minimum absolute atomic E-state index is 0.373. The van der Waals surface area contributed by atoms with E-state index in [0.29, 0.717) is 12.2 Å². The van der Waals surface area contributed by atoms with Crippen LogP contribution < -0.4 is 5.32 Å². The van der Waals surface area contributed by atoms with E-state index in [2.05, 4.69) is 25.0 Å². The average molecular weight is 323 g/mol. The number of nitrogens with one attached hydrogen (secondary N) is 1. The predicted octanol–water partition coefficient (Wildman–Crippen LogP) is 2.37. The Bertz CT molecular complexity index is 557. The summed E-state index contributed by atoms with van der Waals surface area (Å²) in [7, 11) is -1.26. The number of alkyl carbamates (subject to hydrolysis) is 1. The number of aliphatic hydroxyl groups is 2. The molecule has 2 rings (SSSR count). The zero-order valence-electron chi connectivity index (χ0n) is 13.6. The van der Waals surface area contributed by atoms with Crippen LogP contribution >= 0.6 is 0 Å². The van der Waals surface area contributed by atoms with Crippen LogP contribution in [0, 0.1) is 0 Å². The van der Waals surface area contributed by atoms with Crippen LogP contribution in [-0.4, -0.2) is 37.1 Å². The molecule has 0 aromatic heterocycles. The minimum atomic E-state index is -1.26. The molecule has 22 heavy (non-hydrogen) atoms. The maximum atomic E-state index is 12.0. The van der Waals surface area contributed by atoms with E-state index in [9.17, 15) is 15.0 Å². The Labute approximate surface area is 132 Å². The average Bonchev–Trinajstić information content (AvgIpc) is 2.60. The van der Waals surface area contributed by atoms with Crippen LogP contribution in [0.15, 0.2) is 24.3 Å². The molecule has 6 heteroatoms. The Hall–Kier alpha value is -1.37. The Balaban J connectivity index is 2.07. The van der Waals surface area contributed by atoms with Crippen LogP contribution in [0.1, 0.15) is 24.2 Å². The Kier molecular flexibility index (Phi) is 4.65. The first kappa shape index (κ1) is 17.0. The highest BCUT2D eigenvalue weighted by molar-refractivity contribution is 6.76. The minimum Gasteiger partial charge on any atom is -0.450 e. The zero-order valence-corrected chi connectivity index (χ0v) is 14.6. The first-order valence-corrected chi connectivity index (χ1v) is 11.3. The summed E-state index contributed by atoms with van der Waals surface area (Å²) >= 11 is 0. The summed E-state index contributed by atoms with van der Waals surface area (Å²) in [6.07, 6.45) is -2.68. The maximum absolute atomic E-state index is 12.0. The van der Waals surface area contributed by atoms with Crippen molar-refractivity contribution in [3.63, 3.8) is 0 Å². The lowest BCUT2D eigenvalue weighted by Gasteiger charge is -2.31. The number of rotatable bonds is 4. The van der Waals surface area contributed by atoms with Gasteiger partial charge in [0.2, 0.25) is 0 Å². The molecule has 0 saturated heterocycles. The molecule has 0 unspecified atom stereocenters. The Morgan fingerprint density at radius 2 is 1.95 bits per heavy atom. The standard InChI is InChI=1S/C16H25NO4Si/c1-16(17-15(20)21-9-10-22(2,3)4)12-8-6-5-7-11(12)13(18)14(16)19/h5-8,13-14,18-19H,9-10H2,1-4H3,(H,17,20)/t13-,14-,16-/m1/s1. The van der Waals surface area contributed by atoms with Crippen molar-refractivity contribution in [2.45, 2.75) is 50.4 Å². The zero-order chi connectivity index (χ0) is 16.5. The van der Waals surface area contributed by atoms with Gasteiger partial charge in [0.05, 0.1) is 12.1 Å². The van der Waals surface area contributed by atoms with Crippen molar-refractivity contribution in [2.75, 3.05) is 6.61 Å². The number of carbonyl (C=O) groups is 1. The van der Waals surface area contributed by atoms with E-state index < -0.39 is 31.9 Å². The summed E-state index contributed by atoms with van der Waals surface area (Å²) in [6.45, 7) is 8.71. The number of fused-ring (bicyclic) bond motifs is 1. The summed E-state index contributed by atoms with van der Waals surface area (Å²) in [5.41, 5.74) is 0.309. The number of benzene rings is 1. The van der Waals surface area contributed by atoms with Gasteiger partial charge in [-0.15, -0.1) is 0 Å². The van der Waals surface area contributed by atoms with Crippen LogP contribution in [0.25, 0.3) is 0 Å². The molecule has 5 nitrogen and oxygen atoms in total. The number of hydrogen-bond acceptors (Lipinski definition) is 4. The van der Waals surface area contributed by atoms with Crippen molar-refractivity contribution in [3.8, 4) is 0 Å². The first-order chi connectivity index (χ1) is 10.1. The molecule has 1 aromatic rings. The fraction of sp³-hybridized carbons (Fsp3) is 0.562. The normalized spacial score (nSPS) is 27.4. The number of amides is 1. The van der Waals surface area contributed by atoms with Crippen molar-refractivity contribution >= 4 is 14.2 Å². The maximum Gasteiger partial charge on any atom is 0.407 e. The molecule has 0 saturated carbocycles. The molecule has 1 aliphatic carbocycles. The van der Waals surface area contributed by atoms with Crippen molar-refractivity contribution < 1.29 is 19.7 Å². The largest absolute Gasteiger partial charge is 0.450 e. The van der Waals surface area contributed by atoms with Crippen molar-refractivity contribution in [2.24, 2.45) is 0 Å². The SMILES string of the molecule is C[C@@]1(NC(=O)OCC[Si](C)(C)C)c2ccccc2[C@@H](O)[C@H]1O. The number of hydrogen-bond donors (Lipinski definition) is 3. The summed E-state index contributed by atoms with van der Waals surface area (Å²) in [5.74, 6) is 0. The molecule has 1 aliphatic rings. The predicted molar refractivity (Wildman–Crippen MR) is 87.4 cm³/mol. The van der Waals surface area contributed by atoms with Crippen molar-refractivity contribution in [3.05, 3.63) is 35.4 Å². The molecule has 122 valence electrons. The molecule has 0 bridgehead atoms. The summed E-state index contributed by atoms with van der Waals surface area (Å²) in [6, 6.07) is 8.07. The van der Waals surface area contributed by atoms with E-state index in [4.69, 9.17) is 4.74 Å². The summed E-state index contributed by atoms with van der Waals surface area (Å²) in [4.78, 5) is 12.0. The van der Waals surface area contributed by atoms with Gasteiger partial charge < -0.3 is 20.3 Å². The Morgan fingerprint density at radius 1 is 1.32 bits per heavy atom. The van der Waals surface area contributed by atoms with E-state index in [1.165, 1.54) is 0 Å². The monoisotopic (exact) mass is 323 g/mol. The number of ether oxygens (including phenoxy) is 1. The van der Waals surface area contributed by atoms with E-state index in [1.54, 1.807) is 25.1 Å². The van der Waals surface area contributed by atoms with E-state index in [1.807, 2.05) is 6.07 Å². The summed E-state index contributed by atoms with van der Waals surface area (Å²) in [5, 5.41) is 23.2. The molecule has 0 aliphatic heterocycles. The molecular weight excluding hydrogens is 298 g/mol.